The molecular formula is C9H11N5. The van der Waals surface area contributed by atoms with Gasteiger partial charge < -0.3 is 5.73 Å². The summed E-state index contributed by atoms with van der Waals surface area (Å²) in [6.07, 6.45) is 3.44. The van der Waals surface area contributed by atoms with Crippen molar-refractivity contribution in [2.24, 2.45) is 0 Å². The van der Waals surface area contributed by atoms with E-state index in [0.717, 1.165) is 11.4 Å². The van der Waals surface area contributed by atoms with Crippen LogP contribution in [0.2, 0.25) is 0 Å². The lowest BCUT2D eigenvalue weighted by atomic mass is 10.4. The van der Waals surface area contributed by atoms with Gasteiger partial charge in [-0.05, 0) is 19.1 Å². The van der Waals surface area contributed by atoms with Crippen molar-refractivity contribution in [3.63, 3.8) is 0 Å². The van der Waals surface area contributed by atoms with Gasteiger partial charge in [0.1, 0.15) is 0 Å². The van der Waals surface area contributed by atoms with Gasteiger partial charge >= 0.3 is 0 Å². The van der Waals surface area contributed by atoms with E-state index in [2.05, 4.69) is 15.3 Å². The second-order valence-electron chi connectivity index (χ2n) is 3.08. The fourth-order valence-corrected chi connectivity index (χ4v) is 1.20. The van der Waals surface area contributed by atoms with Crippen molar-refractivity contribution in [2.75, 3.05) is 5.73 Å². The van der Waals surface area contributed by atoms with E-state index < -0.39 is 0 Å². The fourth-order valence-electron chi connectivity index (χ4n) is 1.20. The highest BCUT2D eigenvalue weighted by molar-refractivity contribution is 5.39. The summed E-state index contributed by atoms with van der Waals surface area (Å²) in [4.78, 5) is 0. The average molecular weight is 189 g/mol. The number of anilines is 1. The first-order chi connectivity index (χ1) is 6.75. The minimum atomic E-state index is 0.603. The Hall–Kier alpha value is -1.91. The number of hydrogen-bond donors (Lipinski definition) is 1. The molecule has 0 aromatic carbocycles. The SMILES string of the molecule is Cc1nn(Cc2cccnn2)cc1N. The largest absolute Gasteiger partial charge is 0.396 e. The van der Waals surface area contributed by atoms with Crippen molar-refractivity contribution < 1.29 is 0 Å². The van der Waals surface area contributed by atoms with Crippen LogP contribution in [0.15, 0.2) is 24.5 Å². The van der Waals surface area contributed by atoms with Crippen LogP contribution in [0.1, 0.15) is 11.4 Å². The van der Waals surface area contributed by atoms with Crippen molar-refractivity contribution in [3.05, 3.63) is 35.9 Å². The fraction of sp³-hybridized carbons (Fsp3) is 0.222. The second kappa shape index (κ2) is 3.45. The Kier molecular flexibility index (Phi) is 2.14. The Labute approximate surface area is 81.6 Å². The number of nitrogens with zero attached hydrogens (tertiary/aromatic N) is 4. The highest BCUT2D eigenvalue weighted by Gasteiger charge is 2.01. The summed E-state index contributed by atoms with van der Waals surface area (Å²) in [6.45, 7) is 2.48. The van der Waals surface area contributed by atoms with E-state index >= 15 is 0 Å². The molecule has 0 aliphatic carbocycles. The van der Waals surface area contributed by atoms with E-state index in [4.69, 9.17) is 5.73 Å². The number of aryl methyl sites for hydroxylation is 1. The molecular weight excluding hydrogens is 178 g/mol. The molecule has 0 fully saturated rings. The summed E-state index contributed by atoms with van der Waals surface area (Å²) in [5.41, 5.74) is 8.09. The molecule has 5 nitrogen and oxygen atoms in total. The molecule has 2 rings (SSSR count). The zero-order chi connectivity index (χ0) is 9.97. The standard InChI is InChI=1S/C9H11N5/c1-7-9(10)6-14(13-7)5-8-3-2-4-11-12-8/h2-4,6H,5,10H2,1H3. The van der Waals surface area contributed by atoms with E-state index in [0.29, 0.717) is 12.2 Å². The molecule has 0 atom stereocenters. The van der Waals surface area contributed by atoms with Gasteiger partial charge in [-0.15, -0.1) is 0 Å². The van der Waals surface area contributed by atoms with Crippen LogP contribution < -0.4 is 5.73 Å². The van der Waals surface area contributed by atoms with Crippen LogP contribution in [-0.2, 0) is 6.54 Å². The summed E-state index contributed by atoms with van der Waals surface area (Å²) >= 11 is 0. The van der Waals surface area contributed by atoms with Gasteiger partial charge in [0.25, 0.3) is 0 Å². The van der Waals surface area contributed by atoms with Gasteiger partial charge in [-0.3, -0.25) is 4.68 Å². The van der Waals surface area contributed by atoms with Crippen molar-refractivity contribution in [1.82, 2.24) is 20.0 Å². The Balaban J connectivity index is 2.19. The predicted molar refractivity (Wildman–Crippen MR) is 52.5 cm³/mol. The van der Waals surface area contributed by atoms with E-state index in [1.165, 1.54) is 0 Å². The van der Waals surface area contributed by atoms with Crippen LogP contribution in [-0.4, -0.2) is 20.0 Å². The van der Waals surface area contributed by atoms with Gasteiger partial charge in [0.05, 0.1) is 23.6 Å². The number of rotatable bonds is 2. The number of nitrogens with two attached hydrogens (primary N) is 1. The summed E-state index contributed by atoms with van der Waals surface area (Å²) in [5.74, 6) is 0. The summed E-state index contributed by atoms with van der Waals surface area (Å²) < 4.78 is 1.76. The monoisotopic (exact) mass is 189 g/mol. The lowest BCUT2D eigenvalue weighted by molar-refractivity contribution is 0.657. The first-order valence-corrected chi connectivity index (χ1v) is 4.32. The quantitative estimate of drug-likeness (QED) is 0.751. The Bertz CT molecular complexity index is 401. The molecule has 0 aliphatic rings. The first-order valence-electron chi connectivity index (χ1n) is 4.32. The summed E-state index contributed by atoms with van der Waals surface area (Å²) in [7, 11) is 0. The summed E-state index contributed by atoms with van der Waals surface area (Å²) in [6, 6.07) is 3.75. The maximum atomic E-state index is 5.67. The van der Waals surface area contributed by atoms with Crippen LogP contribution in [0.25, 0.3) is 0 Å². The maximum absolute atomic E-state index is 5.67. The van der Waals surface area contributed by atoms with E-state index in [1.807, 2.05) is 19.1 Å². The van der Waals surface area contributed by atoms with Crippen molar-refractivity contribution in [2.45, 2.75) is 13.5 Å². The van der Waals surface area contributed by atoms with Gasteiger partial charge in [0.15, 0.2) is 0 Å². The van der Waals surface area contributed by atoms with Crippen LogP contribution in [0.3, 0.4) is 0 Å². The molecule has 0 saturated heterocycles. The minimum Gasteiger partial charge on any atom is -0.396 e. The van der Waals surface area contributed by atoms with Gasteiger partial charge in [-0.25, -0.2) is 0 Å². The zero-order valence-electron chi connectivity index (χ0n) is 7.88. The molecule has 0 saturated carbocycles. The van der Waals surface area contributed by atoms with Crippen molar-refractivity contribution in [3.8, 4) is 0 Å². The average Bonchev–Trinajstić information content (AvgIpc) is 2.47. The molecule has 0 radical (unpaired) electrons. The molecule has 0 spiro atoms. The lowest BCUT2D eigenvalue weighted by Gasteiger charge is -1.98. The molecule has 0 unspecified atom stereocenters. The molecule has 72 valence electrons. The molecule has 2 N–H and O–H groups in total. The topological polar surface area (TPSA) is 69.6 Å². The van der Waals surface area contributed by atoms with Gasteiger partial charge in [-0.2, -0.15) is 15.3 Å². The first kappa shape index (κ1) is 8.68. The van der Waals surface area contributed by atoms with Crippen molar-refractivity contribution >= 4 is 5.69 Å². The third-order valence-corrected chi connectivity index (χ3v) is 1.94. The molecule has 5 heteroatoms. The number of aromatic nitrogens is 4. The van der Waals surface area contributed by atoms with E-state index in [9.17, 15) is 0 Å². The Morgan fingerprint density at radius 3 is 2.93 bits per heavy atom. The smallest absolute Gasteiger partial charge is 0.0851 e. The maximum Gasteiger partial charge on any atom is 0.0851 e. The minimum absolute atomic E-state index is 0.603. The van der Waals surface area contributed by atoms with Crippen LogP contribution in [0.5, 0.6) is 0 Å². The van der Waals surface area contributed by atoms with Crippen molar-refractivity contribution in [1.29, 1.82) is 0 Å². The number of nitrogen functional groups attached to an aromatic ring is 1. The van der Waals surface area contributed by atoms with Gasteiger partial charge in [0, 0.05) is 12.4 Å². The van der Waals surface area contributed by atoms with Gasteiger partial charge in [-0.1, -0.05) is 0 Å². The zero-order valence-corrected chi connectivity index (χ0v) is 7.88. The highest BCUT2D eigenvalue weighted by atomic mass is 15.3. The second-order valence-corrected chi connectivity index (χ2v) is 3.08. The van der Waals surface area contributed by atoms with E-state index in [-0.39, 0.29) is 0 Å². The van der Waals surface area contributed by atoms with Gasteiger partial charge in [0.2, 0.25) is 0 Å². The molecule has 0 bridgehead atoms. The lowest BCUT2D eigenvalue weighted by Crippen LogP contribution is -2.02. The molecule has 2 aromatic rings. The van der Waals surface area contributed by atoms with Crippen LogP contribution in [0.4, 0.5) is 5.69 Å². The molecule has 14 heavy (non-hydrogen) atoms. The van der Waals surface area contributed by atoms with Crippen LogP contribution >= 0.6 is 0 Å². The van der Waals surface area contributed by atoms with Crippen LogP contribution in [0, 0.1) is 6.92 Å². The molecule has 0 amide bonds. The number of hydrogen-bond acceptors (Lipinski definition) is 4. The Morgan fingerprint density at radius 1 is 1.50 bits per heavy atom. The Morgan fingerprint density at radius 2 is 2.36 bits per heavy atom. The molecule has 2 heterocycles. The summed E-state index contributed by atoms with van der Waals surface area (Å²) in [5, 5.41) is 12.0. The molecule has 2 aromatic heterocycles. The molecule has 0 aliphatic heterocycles. The third kappa shape index (κ3) is 1.71. The predicted octanol–water partition coefficient (Wildman–Crippen LogP) is 0.612. The van der Waals surface area contributed by atoms with E-state index in [1.54, 1.807) is 17.1 Å². The highest BCUT2D eigenvalue weighted by Crippen LogP contribution is 2.07. The third-order valence-electron chi connectivity index (χ3n) is 1.94. The normalized spacial score (nSPS) is 10.4.